The van der Waals surface area contributed by atoms with Gasteiger partial charge in [0.05, 0.1) is 0 Å². The third kappa shape index (κ3) is 4.51. The van der Waals surface area contributed by atoms with Gasteiger partial charge in [0.25, 0.3) is 0 Å². The molecule has 0 saturated carbocycles. The van der Waals surface area contributed by atoms with Crippen molar-refractivity contribution in [3.63, 3.8) is 0 Å². The number of nitrogens with zero attached hydrogens (tertiary/aromatic N) is 1. The molecule has 1 fully saturated rings. The van der Waals surface area contributed by atoms with E-state index >= 15 is 0 Å². The van der Waals surface area contributed by atoms with Crippen LogP contribution in [0.4, 0.5) is 0 Å². The van der Waals surface area contributed by atoms with E-state index in [4.69, 9.17) is 5.11 Å². The van der Waals surface area contributed by atoms with Gasteiger partial charge < -0.3 is 10.0 Å². The van der Waals surface area contributed by atoms with Gasteiger partial charge in [-0.1, -0.05) is 13.8 Å². The molecule has 1 amide bonds. The van der Waals surface area contributed by atoms with Crippen LogP contribution in [0.15, 0.2) is 11.6 Å². The largest absolute Gasteiger partial charge is 0.478 e. The van der Waals surface area contributed by atoms with Crippen molar-refractivity contribution in [1.29, 1.82) is 0 Å². The fourth-order valence-corrected chi connectivity index (χ4v) is 2.45. The summed E-state index contributed by atoms with van der Waals surface area (Å²) < 4.78 is 0. The van der Waals surface area contributed by atoms with Gasteiger partial charge in [-0.05, 0) is 37.2 Å². The van der Waals surface area contributed by atoms with E-state index in [2.05, 4.69) is 13.8 Å². The van der Waals surface area contributed by atoms with E-state index in [9.17, 15) is 9.59 Å². The molecule has 1 unspecified atom stereocenters. The summed E-state index contributed by atoms with van der Waals surface area (Å²) in [6.07, 6.45) is 3.74. The van der Waals surface area contributed by atoms with Crippen LogP contribution in [-0.4, -0.2) is 35.0 Å². The van der Waals surface area contributed by atoms with Crippen LogP contribution >= 0.6 is 0 Å². The number of carbonyl (C=O) groups is 2. The van der Waals surface area contributed by atoms with Crippen molar-refractivity contribution in [3.8, 4) is 0 Å². The maximum atomic E-state index is 12.0. The monoisotopic (exact) mass is 253 g/mol. The smallest absolute Gasteiger partial charge is 0.328 e. The van der Waals surface area contributed by atoms with E-state index in [1.165, 1.54) is 6.08 Å². The first kappa shape index (κ1) is 14.7. The number of hydrogen-bond donors (Lipinski definition) is 1. The van der Waals surface area contributed by atoms with E-state index in [0.717, 1.165) is 25.0 Å². The van der Waals surface area contributed by atoms with E-state index in [-0.39, 0.29) is 5.91 Å². The van der Waals surface area contributed by atoms with Crippen LogP contribution in [0.2, 0.25) is 0 Å². The number of hydrogen-bond acceptors (Lipinski definition) is 2. The lowest BCUT2D eigenvalue weighted by Gasteiger charge is -2.22. The standard InChI is InChI=1S/C14H23NO3/c1-10(2)12-4-5-13(16)15(7-6-12)9-11(3)8-14(17)18/h8,10,12H,4-7,9H2,1-3H3,(H,17,18). The zero-order valence-corrected chi connectivity index (χ0v) is 11.5. The summed E-state index contributed by atoms with van der Waals surface area (Å²) in [6.45, 7) is 7.33. The highest BCUT2D eigenvalue weighted by atomic mass is 16.4. The molecule has 4 heteroatoms. The van der Waals surface area contributed by atoms with E-state index in [1.54, 1.807) is 11.8 Å². The summed E-state index contributed by atoms with van der Waals surface area (Å²) in [4.78, 5) is 24.3. The molecule has 0 aliphatic carbocycles. The lowest BCUT2D eigenvalue weighted by molar-refractivity contribution is -0.132. The molecule has 18 heavy (non-hydrogen) atoms. The maximum Gasteiger partial charge on any atom is 0.328 e. The molecule has 1 saturated heterocycles. The van der Waals surface area contributed by atoms with Gasteiger partial charge in [0.1, 0.15) is 0 Å². The SMILES string of the molecule is CC(=CC(=O)O)CN1CCC(C(C)C)CCC1=O. The van der Waals surface area contributed by atoms with Gasteiger partial charge in [-0.15, -0.1) is 0 Å². The van der Waals surface area contributed by atoms with Crippen molar-refractivity contribution in [2.45, 2.75) is 40.0 Å². The molecule has 1 aliphatic rings. The highest BCUT2D eigenvalue weighted by Gasteiger charge is 2.24. The summed E-state index contributed by atoms with van der Waals surface area (Å²) in [5.41, 5.74) is 0.721. The molecule has 102 valence electrons. The molecule has 0 radical (unpaired) electrons. The highest BCUT2D eigenvalue weighted by molar-refractivity contribution is 5.81. The second-order valence-electron chi connectivity index (χ2n) is 5.48. The average molecular weight is 253 g/mol. The minimum Gasteiger partial charge on any atom is -0.478 e. The van der Waals surface area contributed by atoms with Gasteiger partial charge >= 0.3 is 5.97 Å². The summed E-state index contributed by atoms with van der Waals surface area (Å²) in [5, 5.41) is 8.67. The number of rotatable bonds is 4. The Morgan fingerprint density at radius 2 is 2.17 bits per heavy atom. The van der Waals surface area contributed by atoms with Crippen LogP contribution in [0.3, 0.4) is 0 Å². The fraction of sp³-hybridized carbons (Fsp3) is 0.714. The molecule has 0 aromatic rings. The Morgan fingerprint density at radius 1 is 1.50 bits per heavy atom. The quantitative estimate of drug-likeness (QED) is 0.782. The first-order valence-electron chi connectivity index (χ1n) is 6.58. The van der Waals surface area contributed by atoms with Crippen molar-refractivity contribution in [1.82, 2.24) is 4.90 Å². The van der Waals surface area contributed by atoms with Gasteiger partial charge in [-0.2, -0.15) is 0 Å². The van der Waals surface area contributed by atoms with E-state index < -0.39 is 5.97 Å². The Hall–Kier alpha value is -1.32. The van der Waals surface area contributed by atoms with E-state index in [0.29, 0.717) is 24.8 Å². The fourth-order valence-electron chi connectivity index (χ4n) is 2.45. The van der Waals surface area contributed by atoms with Crippen LogP contribution < -0.4 is 0 Å². The molecule has 1 atom stereocenters. The second-order valence-corrected chi connectivity index (χ2v) is 5.48. The number of amides is 1. The zero-order valence-electron chi connectivity index (χ0n) is 11.5. The molecule has 1 heterocycles. The molecular weight excluding hydrogens is 230 g/mol. The Labute approximate surface area is 109 Å². The van der Waals surface area contributed by atoms with Gasteiger partial charge in [-0.3, -0.25) is 4.79 Å². The van der Waals surface area contributed by atoms with Crippen molar-refractivity contribution in [2.24, 2.45) is 11.8 Å². The summed E-state index contributed by atoms with van der Waals surface area (Å²) >= 11 is 0. The van der Waals surface area contributed by atoms with Crippen LogP contribution in [0.1, 0.15) is 40.0 Å². The second kappa shape index (κ2) is 6.57. The number of carboxylic acids is 1. The molecule has 1 N–H and O–H groups in total. The topological polar surface area (TPSA) is 57.6 Å². The van der Waals surface area contributed by atoms with Crippen molar-refractivity contribution in [2.75, 3.05) is 13.1 Å². The van der Waals surface area contributed by atoms with Crippen molar-refractivity contribution >= 4 is 11.9 Å². The summed E-state index contributed by atoms with van der Waals surface area (Å²) in [6, 6.07) is 0. The van der Waals surface area contributed by atoms with Crippen LogP contribution in [0.5, 0.6) is 0 Å². The van der Waals surface area contributed by atoms with Crippen LogP contribution in [0, 0.1) is 11.8 Å². The Bertz CT molecular complexity index is 347. The molecule has 0 spiro atoms. The lowest BCUT2D eigenvalue weighted by Crippen LogP contribution is -2.32. The average Bonchev–Trinajstić information content (AvgIpc) is 2.41. The first-order valence-corrected chi connectivity index (χ1v) is 6.58. The third-order valence-corrected chi connectivity index (χ3v) is 3.60. The third-order valence-electron chi connectivity index (χ3n) is 3.60. The van der Waals surface area contributed by atoms with Crippen LogP contribution in [0.25, 0.3) is 0 Å². The van der Waals surface area contributed by atoms with Gasteiger partial charge in [-0.25, -0.2) is 4.79 Å². The lowest BCUT2D eigenvalue weighted by atomic mass is 9.89. The maximum absolute atomic E-state index is 12.0. The van der Waals surface area contributed by atoms with E-state index in [1.807, 2.05) is 0 Å². The Morgan fingerprint density at radius 3 is 2.72 bits per heavy atom. The first-order chi connectivity index (χ1) is 8.40. The zero-order chi connectivity index (χ0) is 13.7. The molecule has 1 aliphatic heterocycles. The Balaban J connectivity index is 2.61. The van der Waals surface area contributed by atoms with Crippen molar-refractivity contribution < 1.29 is 14.7 Å². The number of likely N-dealkylation sites (tertiary alicyclic amines) is 1. The molecule has 0 bridgehead atoms. The predicted octanol–water partition coefficient (Wildman–Crippen LogP) is 2.30. The number of carboxylic acid groups (broad SMARTS) is 1. The summed E-state index contributed by atoms with van der Waals surface area (Å²) in [7, 11) is 0. The minimum atomic E-state index is -0.949. The number of aliphatic carboxylic acids is 1. The molecule has 1 rings (SSSR count). The molecular formula is C14H23NO3. The normalized spacial score (nSPS) is 22.2. The summed E-state index contributed by atoms with van der Waals surface area (Å²) in [5.74, 6) is 0.405. The number of carbonyl (C=O) groups excluding carboxylic acids is 1. The van der Waals surface area contributed by atoms with Gasteiger partial charge in [0, 0.05) is 25.6 Å². The van der Waals surface area contributed by atoms with Crippen LogP contribution in [-0.2, 0) is 9.59 Å². The minimum absolute atomic E-state index is 0.149. The Kier molecular flexibility index (Phi) is 5.38. The molecule has 0 aromatic heterocycles. The van der Waals surface area contributed by atoms with Gasteiger partial charge in [0.2, 0.25) is 5.91 Å². The molecule has 4 nitrogen and oxygen atoms in total. The highest BCUT2D eigenvalue weighted by Crippen LogP contribution is 2.25. The molecule has 0 aromatic carbocycles. The van der Waals surface area contributed by atoms with Crippen molar-refractivity contribution in [3.05, 3.63) is 11.6 Å². The predicted molar refractivity (Wildman–Crippen MR) is 70.2 cm³/mol. The van der Waals surface area contributed by atoms with Gasteiger partial charge in [0.15, 0.2) is 0 Å².